The first-order chi connectivity index (χ1) is 11.6. The van der Waals surface area contributed by atoms with Crippen molar-refractivity contribution < 1.29 is 4.79 Å². The summed E-state index contributed by atoms with van der Waals surface area (Å²) in [4.78, 5) is 37.0. The molecule has 1 aliphatic heterocycles. The fraction of sp³-hybridized carbons (Fsp3) is 0.412. The van der Waals surface area contributed by atoms with Crippen molar-refractivity contribution in [2.24, 2.45) is 7.05 Å². The Labute approximate surface area is 140 Å². The molecule has 2 aromatic rings. The number of aromatic nitrogens is 3. The van der Waals surface area contributed by atoms with Crippen LogP contribution in [0.4, 0.5) is 5.82 Å². The van der Waals surface area contributed by atoms with Gasteiger partial charge in [0.1, 0.15) is 5.82 Å². The van der Waals surface area contributed by atoms with Crippen molar-refractivity contribution in [3.8, 4) is 0 Å². The molecule has 0 radical (unpaired) electrons. The van der Waals surface area contributed by atoms with E-state index in [2.05, 4.69) is 14.9 Å². The summed E-state index contributed by atoms with van der Waals surface area (Å²) in [5.41, 5.74) is 1.00. The quantitative estimate of drug-likeness (QED) is 0.815. The molecule has 0 N–H and O–H groups in total. The molecule has 7 nitrogen and oxygen atoms in total. The SMILES string of the molecule is Cc1c(CC(=O)N2CCN(c3ccccn3)CC2)ncn(C)c1=O. The highest BCUT2D eigenvalue weighted by molar-refractivity contribution is 5.79. The van der Waals surface area contributed by atoms with Crippen molar-refractivity contribution in [2.75, 3.05) is 31.1 Å². The van der Waals surface area contributed by atoms with Gasteiger partial charge in [0.05, 0.1) is 18.4 Å². The van der Waals surface area contributed by atoms with Crippen LogP contribution in [0.5, 0.6) is 0 Å². The second-order valence-corrected chi connectivity index (χ2v) is 5.96. The van der Waals surface area contributed by atoms with Crippen LogP contribution in [0.15, 0.2) is 35.5 Å². The lowest BCUT2D eigenvalue weighted by atomic mass is 10.1. The third kappa shape index (κ3) is 3.29. The topological polar surface area (TPSA) is 71.3 Å². The van der Waals surface area contributed by atoms with Crippen molar-refractivity contribution >= 4 is 11.7 Å². The van der Waals surface area contributed by atoms with Crippen molar-refractivity contribution in [3.63, 3.8) is 0 Å². The average Bonchev–Trinajstić information content (AvgIpc) is 2.63. The van der Waals surface area contributed by atoms with Gasteiger partial charge in [-0.1, -0.05) is 6.07 Å². The van der Waals surface area contributed by atoms with E-state index in [1.54, 1.807) is 20.2 Å². The molecule has 3 heterocycles. The Balaban J connectivity index is 1.62. The second kappa shape index (κ2) is 6.82. The molecule has 126 valence electrons. The van der Waals surface area contributed by atoms with Crippen LogP contribution in [0.3, 0.4) is 0 Å². The molecule has 7 heteroatoms. The first-order valence-electron chi connectivity index (χ1n) is 8.01. The minimum Gasteiger partial charge on any atom is -0.353 e. The second-order valence-electron chi connectivity index (χ2n) is 5.96. The largest absolute Gasteiger partial charge is 0.353 e. The van der Waals surface area contributed by atoms with E-state index in [9.17, 15) is 9.59 Å². The highest BCUT2D eigenvalue weighted by Gasteiger charge is 2.23. The zero-order valence-corrected chi connectivity index (χ0v) is 14.0. The Kier molecular flexibility index (Phi) is 4.59. The van der Waals surface area contributed by atoms with Crippen LogP contribution in [-0.2, 0) is 18.3 Å². The van der Waals surface area contributed by atoms with Crippen molar-refractivity contribution in [1.82, 2.24) is 19.4 Å². The average molecular weight is 327 g/mol. The summed E-state index contributed by atoms with van der Waals surface area (Å²) in [6.07, 6.45) is 3.42. The molecular weight excluding hydrogens is 306 g/mol. The molecule has 0 bridgehead atoms. The number of amides is 1. The van der Waals surface area contributed by atoms with E-state index >= 15 is 0 Å². The van der Waals surface area contributed by atoms with Crippen LogP contribution in [0.1, 0.15) is 11.3 Å². The van der Waals surface area contributed by atoms with Crippen LogP contribution < -0.4 is 10.5 Å². The minimum absolute atomic E-state index is 0.0134. The van der Waals surface area contributed by atoms with Crippen molar-refractivity contribution in [1.29, 1.82) is 0 Å². The van der Waals surface area contributed by atoms with Gasteiger partial charge in [-0.05, 0) is 19.1 Å². The molecule has 3 rings (SSSR count). The third-order valence-corrected chi connectivity index (χ3v) is 4.39. The van der Waals surface area contributed by atoms with Crippen molar-refractivity contribution in [3.05, 3.63) is 52.3 Å². The Hall–Kier alpha value is -2.70. The van der Waals surface area contributed by atoms with Gasteiger partial charge in [-0.15, -0.1) is 0 Å². The molecule has 0 aliphatic carbocycles. The number of hydrogen-bond acceptors (Lipinski definition) is 5. The van der Waals surface area contributed by atoms with E-state index in [1.807, 2.05) is 23.1 Å². The van der Waals surface area contributed by atoms with Gasteiger partial charge >= 0.3 is 0 Å². The zero-order chi connectivity index (χ0) is 17.1. The molecule has 0 atom stereocenters. The lowest BCUT2D eigenvalue weighted by Gasteiger charge is -2.35. The van der Waals surface area contributed by atoms with Gasteiger partial charge in [-0.25, -0.2) is 9.97 Å². The number of carbonyl (C=O) groups excluding carboxylic acids is 1. The van der Waals surface area contributed by atoms with E-state index in [0.717, 1.165) is 18.9 Å². The summed E-state index contributed by atoms with van der Waals surface area (Å²) in [5.74, 6) is 0.952. The lowest BCUT2D eigenvalue weighted by Crippen LogP contribution is -2.49. The molecule has 0 aromatic carbocycles. The molecule has 2 aromatic heterocycles. The number of aryl methyl sites for hydroxylation is 1. The zero-order valence-electron chi connectivity index (χ0n) is 14.0. The standard InChI is InChI=1S/C17H21N5O2/c1-13-14(19-12-20(2)17(13)24)11-16(23)22-9-7-21(8-10-22)15-5-3-4-6-18-15/h3-6,12H,7-11H2,1-2H3. The molecular formula is C17H21N5O2. The van der Waals surface area contributed by atoms with Gasteiger partial charge in [0.25, 0.3) is 5.56 Å². The number of hydrogen-bond donors (Lipinski definition) is 0. The van der Waals surface area contributed by atoms with Crippen LogP contribution in [0, 0.1) is 6.92 Å². The fourth-order valence-electron chi connectivity index (χ4n) is 2.85. The number of pyridine rings is 1. The first-order valence-corrected chi connectivity index (χ1v) is 8.01. The Bertz CT molecular complexity index is 779. The highest BCUT2D eigenvalue weighted by Crippen LogP contribution is 2.13. The Morgan fingerprint density at radius 1 is 1.17 bits per heavy atom. The lowest BCUT2D eigenvalue weighted by molar-refractivity contribution is -0.130. The maximum absolute atomic E-state index is 12.5. The van der Waals surface area contributed by atoms with E-state index < -0.39 is 0 Å². The predicted octanol–water partition coefficient (Wildman–Crippen LogP) is 0.375. The van der Waals surface area contributed by atoms with Gasteiger partial charge in [0.2, 0.25) is 5.91 Å². The smallest absolute Gasteiger partial charge is 0.256 e. The van der Waals surface area contributed by atoms with Gasteiger partial charge in [0.15, 0.2) is 0 Å². The minimum atomic E-state index is -0.104. The monoisotopic (exact) mass is 327 g/mol. The van der Waals surface area contributed by atoms with Crippen LogP contribution in [0.25, 0.3) is 0 Å². The number of carbonyl (C=O) groups is 1. The molecule has 1 aliphatic rings. The summed E-state index contributed by atoms with van der Waals surface area (Å²) < 4.78 is 1.43. The molecule has 24 heavy (non-hydrogen) atoms. The normalized spacial score (nSPS) is 14.8. The summed E-state index contributed by atoms with van der Waals surface area (Å²) in [6, 6.07) is 5.83. The van der Waals surface area contributed by atoms with E-state index in [0.29, 0.717) is 24.3 Å². The van der Waals surface area contributed by atoms with E-state index in [4.69, 9.17) is 0 Å². The highest BCUT2D eigenvalue weighted by atomic mass is 16.2. The van der Waals surface area contributed by atoms with Crippen LogP contribution >= 0.6 is 0 Å². The molecule has 0 saturated carbocycles. The molecule has 0 spiro atoms. The van der Waals surface area contributed by atoms with Crippen LogP contribution in [0.2, 0.25) is 0 Å². The van der Waals surface area contributed by atoms with Gasteiger partial charge < -0.3 is 14.4 Å². The van der Waals surface area contributed by atoms with Gasteiger partial charge in [-0.2, -0.15) is 0 Å². The van der Waals surface area contributed by atoms with Gasteiger partial charge in [-0.3, -0.25) is 9.59 Å². The number of anilines is 1. The first kappa shape index (κ1) is 16.2. The van der Waals surface area contributed by atoms with E-state index in [1.165, 1.54) is 10.9 Å². The molecule has 0 unspecified atom stereocenters. The predicted molar refractivity (Wildman–Crippen MR) is 90.9 cm³/mol. The summed E-state index contributed by atoms with van der Waals surface area (Å²) >= 11 is 0. The molecule has 1 fully saturated rings. The van der Waals surface area contributed by atoms with Crippen molar-refractivity contribution in [2.45, 2.75) is 13.3 Å². The Morgan fingerprint density at radius 2 is 1.92 bits per heavy atom. The third-order valence-electron chi connectivity index (χ3n) is 4.39. The van der Waals surface area contributed by atoms with E-state index in [-0.39, 0.29) is 17.9 Å². The van der Waals surface area contributed by atoms with Gasteiger partial charge in [0, 0.05) is 45.0 Å². The maximum atomic E-state index is 12.5. The maximum Gasteiger partial charge on any atom is 0.256 e. The summed E-state index contributed by atoms with van der Waals surface area (Å²) in [5, 5.41) is 0. The Morgan fingerprint density at radius 3 is 2.58 bits per heavy atom. The number of nitrogens with zero attached hydrogens (tertiary/aromatic N) is 5. The summed E-state index contributed by atoms with van der Waals surface area (Å²) in [7, 11) is 1.66. The van der Waals surface area contributed by atoms with Crippen LogP contribution in [-0.4, -0.2) is 51.5 Å². The fourth-order valence-corrected chi connectivity index (χ4v) is 2.85. The number of piperazine rings is 1. The molecule has 1 saturated heterocycles. The summed E-state index contributed by atoms with van der Waals surface area (Å²) in [6.45, 7) is 4.53. The number of rotatable bonds is 3. The molecule has 1 amide bonds.